The Balaban J connectivity index is 1.06. The highest BCUT2D eigenvalue weighted by Gasteiger charge is 2.50. The maximum Gasteiger partial charge on any atom is 0.271 e. The first kappa shape index (κ1) is 25.7. The Kier molecular flexibility index (Phi) is 5.69. The minimum absolute atomic E-state index is 0.0164. The van der Waals surface area contributed by atoms with Crippen LogP contribution in [0, 0.1) is 5.92 Å². The molecule has 2 aliphatic rings. The van der Waals surface area contributed by atoms with Gasteiger partial charge in [-0.3, -0.25) is 14.5 Å². The van der Waals surface area contributed by atoms with Crippen LogP contribution in [0.25, 0.3) is 39.1 Å². The van der Waals surface area contributed by atoms with E-state index in [-0.39, 0.29) is 11.3 Å². The standard InChI is InChI=1S/C33H31N9O/c1-32(2,30(43)35-17-21-5-6-21)41-20-25(18-37-41)22-7-9-23(10-8-22)28-19-36-31-39-38-29(42(31)40-28)33(13-14-33)26-11-12-27-24(16-26)4-3-15-34-27/h3-4,7-12,15-16,18-21H,5-6,13-14,17H2,1-2H3,(H,35,43). The summed E-state index contributed by atoms with van der Waals surface area (Å²) in [6, 6.07) is 18.6. The zero-order chi connectivity index (χ0) is 29.2. The molecule has 10 nitrogen and oxygen atoms in total. The lowest BCUT2D eigenvalue weighted by Gasteiger charge is -2.24. The van der Waals surface area contributed by atoms with Gasteiger partial charge in [0.15, 0.2) is 5.82 Å². The number of benzene rings is 2. The number of carbonyl (C=O) groups is 1. The summed E-state index contributed by atoms with van der Waals surface area (Å²) >= 11 is 0. The smallest absolute Gasteiger partial charge is 0.271 e. The van der Waals surface area contributed by atoms with E-state index in [9.17, 15) is 4.79 Å². The number of carbonyl (C=O) groups excluding carboxylic acids is 1. The van der Waals surface area contributed by atoms with Gasteiger partial charge in [0.1, 0.15) is 11.2 Å². The van der Waals surface area contributed by atoms with Crippen molar-refractivity contribution in [1.82, 2.24) is 44.9 Å². The lowest BCUT2D eigenvalue weighted by Crippen LogP contribution is -2.45. The molecule has 43 heavy (non-hydrogen) atoms. The molecule has 2 aliphatic carbocycles. The van der Waals surface area contributed by atoms with Gasteiger partial charge in [-0.15, -0.1) is 10.2 Å². The molecular weight excluding hydrogens is 538 g/mol. The van der Waals surface area contributed by atoms with E-state index in [1.54, 1.807) is 21.6 Å². The van der Waals surface area contributed by atoms with Crippen molar-refractivity contribution in [1.29, 1.82) is 0 Å². The summed E-state index contributed by atoms with van der Waals surface area (Å²) in [6.45, 7) is 4.53. The zero-order valence-electron chi connectivity index (χ0n) is 24.1. The van der Waals surface area contributed by atoms with Gasteiger partial charge in [0.2, 0.25) is 5.91 Å². The summed E-state index contributed by atoms with van der Waals surface area (Å²) in [5.74, 6) is 1.91. The second kappa shape index (κ2) is 9.52. The number of nitrogens with zero attached hydrogens (tertiary/aromatic N) is 8. The molecule has 4 heterocycles. The number of fused-ring (bicyclic) bond motifs is 2. The van der Waals surface area contributed by atoms with Crippen LogP contribution in [-0.4, -0.2) is 52.0 Å². The van der Waals surface area contributed by atoms with Crippen LogP contribution < -0.4 is 5.32 Å². The summed E-state index contributed by atoms with van der Waals surface area (Å²) < 4.78 is 3.54. The monoisotopic (exact) mass is 569 g/mol. The Hall–Kier alpha value is -4.99. The van der Waals surface area contributed by atoms with E-state index in [1.807, 2.05) is 56.6 Å². The average Bonchev–Trinajstić information content (AvgIpc) is 3.94. The fourth-order valence-electron chi connectivity index (χ4n) is 5.76. The molecule has 10 heteroatoms. The summed E-state index contributed by atoms with van der Waals surface area (Å²) in [7, 11) is 0. The zero-order valence-corrected chi connectivity index (χ0v) is 24.1. The maximum atomic E-state index is 12.8. The molecule has 2 fully saturated rings. The average molecular weight is 570 g/mol. The van der Waals surface area contributed by atoms with Gasteiger partial charge < -0.3 is 5.32 Å². The highest BCUT2D eigenvalue weighted by Crippen LogP contribution is 2.53. The molecular formula is C33H31N9O. The van der Waals surface area contributed by atoms with Crippen molar-refractivity contribution in [2.75, 3.05) is 6.54 Å². The minimum Gasteiger partial charge on any atom is -0.354 e. The highest BCUT2D eigenvalue weighted by atomic mass is 16.2. The number of rotatable bonds is 8. The molecule has 1 amide bonds. The van der Waals surface area contributed by atoms with Crippen molar-refractivity contribution in [2.45, 2.75) is 50.5 Å². The van der Waals surface area contributed by atoms with Crippen LogP contribution in [0.3, 0.4) is 0 Å². The van der Waals surface area contributed by atoms with Crippen molar-refractivity contribution >= 4 is 22.6 Å². The fraction of sp³-hybridized carbons (Fsp3) is 0.303. The summed E-state index contributed by atoms with van der Waals surface area (Å²) in [6.07, 6.45) is 11.6. The van der Waals surface area contributed by atoms with Crippen molar-refractivity contribution in [3.63, 3.8) is 0 Å². The van der Waals surface area contributed by atoms with Gasteiger partial charge in [-0.05, 0) is 74.8 Å². The predicted octanol–water partition coefficient (Wildman–Crippen LogP) is 4.94. The normalized spacial score (nSPS) is 16.0. The van der Waals surface area contributed by atoms with E-state index in [0.717, 1.165) is 58.5 Å². The quantitative estimate of drug-likeness (QED) is 0.276. The number of pyridine rings is 1. The Morgan fingerprint density at radius 2 is 1.79 bits per heavy atom. The third-order valence-electron chi connectivity index (χ3n) is 8.94. The van der Waals surface area contributed by atoms with Gasteiger partial charge >= 0.3 is 0 Å². The van der Waals surface area contributed by atoms with E-state index in [1.165, 1.54) is 18.4 Å². The van der Waals surface area contributed by atoms with Crippen LogP contribution in [0.4, 0.5) is 0 Å². The Morgan fingerprint density at radius 3 is 2.58 bits per heavy atom. The molecule has 0 saturated heterocycles. The van der Waals surface area contributed by atoms with Crippen LogP contribution in [0.1, 0.15) is 50.9 Å². The van der Waals surface area contributed by atoms with Crippen molar-refractivity contribution in [3.8, 4) is 22.4 Å². The van der Waals surface area contributed by atoms with Crippen molar-refractivity contribution in [2.24, 2.45) is 5.92 Å². The molecule has 0 spiro atoms. The van der Waals surface area contributed by atoms with Gasteiger partial charge in [-0.25, -0.2) is 4.98 Å². The van der Waals surface area contributed by atoms with Crippen LogP contribution in [0.5, 0.6) is 0 Å². The van der Waals surface area contributed by atoms with Crippen LogP contribution in [0.2, 0.25) is 0 Å². The number of aromatic nitrogens is 8. The second-order valence-electron chi connectivity index (χ2n) is 12.3. The SMILES string of the molecule is CC(C)(C(=O)NCC1CC1)n1cc(-c2ccc(-c3cnc4nnc(C5(c6ccc7ncccc7c6)CC5)n4n3)cc2)cn1. The van der Waals surface area contributed by atoms with Gasteiger partial charge in [-0.2, -0.15) is 14.7 Å². The van der Waals surface area contributed by atoms with E-state index >= 15 is 0 Å². The lowest BCUT2D eigenvalue weighted by molar-refractivity contribution is -0.128. The lowest BCUT2D eigenvalue weighted by atomic mass is 9.94. The van der Waals surface area contributed by atoms with Crippen LogP contribution in [-0.2, 0) is 15.7 Å². The first-order valence-corrected chi connectivity index (χ1v) is 14.8. The Labute approximate surface area is 248 Å². The molecule has 4 aromatic heterocycles. The van der Waals surface area contributed by atoms with Crippen molar-refractivity contribution in [3.05, 3.63) is 90.8 Å². The molecule has 2 saturated carbocycles. The molecule has 0 aliphatic heterocycles. The van der Waals surface area contributed by atoms with E-state index in [4.69, 9.17) is 5.10 Å². The summed E-state index contributed by atoms with van der Waals surface area (Å²) in [5.41, 5.74) is 4.78. The van der Waals surface area contributed by atoms with Gasteiger partial charge in [-0.1, -0.05) is 36.4 Å². The number of hydrogen-bond acceptors (Lipinski definition) is 7. The Morgan fingerprint density at radius 1 is 0.977 bits per heavy atom. The topological polar surface area (TPSA) is 116 Å². The highest BCUT2D eigenvalue weighted by molar-refractivity contribution is 5.83. The van der Waals surface area contributed by atoms with E-state index in [2.05, 4.69) is 54.8 Å². The van der Waals surface area contributed by atoms with Gasteiger partial charge in [0.05, 0.1) is 23.3 Å². The second-order valence-corrected chi connectivity index (χ2v) is 12.3. The predicted molar refractivity (Wildman–Crippen MR) is 162 cm³/mol. The molecule has 0 atom stereocenters. The van der Waals surface area contributed by atoms with E-state index < -0.39 is 5.54 Å². The minimum atomic E-state index is -0.780. The molecule has 0 unspecified atom stereocenters. The largest absolute Gasteiger partial charge is 0.354 e. The molecule has 214 valence electrons. The number of amides is 1. The first-order chi connectivity index (χ1) is 20.9. The molecule has 1 N–H and O–H groups in total. The first-order valence-electron chi connectivity index (χ1n) is 14.8. The summed E-state index contributed by atoms with van der Waals surface area (Å²) in [5, 5.41) is 22.6. The molecule has 2 aromatic carbocycles. The number of nitrogens with one attached hydrogen (secondary N) is 1. The third kappa shape index (κ3) is 4.45. The number of hydrogen-bond donors (Lipinski definition) is 1. The molecule has 8 rings (SSSR count). The van der Waals surface area contributed by atoms with Gasteiger partial charge in [0, 0.05) is 35.5 Å². The van der Waals surface area contributed by atoms with E-state index in [0.29, 0.717) is 11.7 Å². The summed E-state index contributed by atoms with van der Waals surface area (Å²) in [4.78, 5) is 21.9. The molecule has 0 bridgehead atoms. The maximum absolute atomic E-state index is 12.8. The van der Waals surface area contributed by atoms with Gasteiger partial charge in [0.25, 0.3) is 5.78 Å². The van der Waals surface area contributed by atoms with Crippen LogP contribution >= 0.6 is 0 Å². The molecule has 0 radical (unpaired) electrons. The Bertz CT molecular complexity index is 2000. The third-order valence-corrected chi connectivity index (χ3v) is 8.94. The molecule has 6 aromatic rings. The fourth-order valence-corrected chi connectivity index (χ4v) is 5.76. The van der Waals surface area contributed by atoms with Crippen LogP contribution in [0.15, 0.2) is 79.4 Å². The van der Waals surface area contributed by atoms with Crippen molar-refractivity contribution < 1.29 is 4.79 Å².